The van der Waals surface area contributed by atoms with E-state index >= 15 is 0 Å². The van der Waals surface area contributed by atoms with Gasteiger partial charge in [0.1, 0.15) is 5.75 Å². The molecule has 0 aromatic heterocycles. The van der Waals surface area contributed by atoms with E-state index in [1.54, 1.807) is 14.2 Å². The molecule has 2 aromatic carbocycles. The van der Waals surface area contributed by atoms with E-state index in [9.17, 15) is 0 Å². The van der Waals surface area contributed by atoms with Gasteiger partial charge in [0, 0.05) is 45.3 Å². The van der Waals surface area contributed by atoms with Gasteiger partial charge in [-0.15, -0.1) is 0 Å². The maximum Gasteiger partial charge on any atom is 0.191 e. The number of nitrogens with zero attached hydrogens (tertiary/aromatic N) is 2. The largest absolute Gasteiger partial charge is 0.496 e. The fourth-order valence-corrected chi connectivity index (χ4v) is 3.97. The van der Waals surface area contributed by atoms with Crippen LogP contribution in [0.5, 0.6) is 5.75 Å². The predicted octanol–water partition coefficient (Wildman–Crippen LogP) is 3.17. The standard InChI is InChI=1S/C24H34N4O2/c1-18-15-28(16-19(2)30-18)17-22-11-6-5-9-20(22)13-26-24(25-3)27-14-21-10-7-8-12-23(21)29-4/h5-12,18-19H,13-17H2,1-4H3,(H2,25,26,27). The Kier molecular flexibility index (Phi) is 8.11. The first kappa shape index (κ1) is 22.1. The Balaban J connectivity index is 1.58. The van der Waals surface area contributed by atoms with E-state index in [0.29, 0.717) is 6.54 Å². The molecule has 30 heavy (non-hydrogen) atoms. The Morgan fingerprint density at radius 2 is 1.53 bits per heavy atom. The summed E-state index contributed by atoms with van der Waals surface area (Å²) in [6, 6.07) is 16.6. The normalized spacial score (nSPS) is 20.1. The van der Waals surface area contributed by atoms with Crippen LogP contribution in [0.2, 0.25) is 0 Å². The topological polar surface area (TPSA) is 58.1 Å². The van der Waals surface area contributed by atoms with Crippen molar-refractivity contribution in [2.75, 3.05) is 27.2 Å². The summed E-state index contributed by atoms with van der Waals surface area (Å²) in [5.74, 6) is 1.64. The molecule has 0 radical (unpaired) electrons. The molecule has 1 aliphatic rings. The molecule has 162 valence electrons. The minimum absolute atomic E-state index is 0.275. The van der Waals surface area contributed by atoms with Gasteiger partial charge in [0.2, 0.25) is 0 Å². The number of hydrogen-bond acceptors (Lipinski definition) is 4. The summed E-state index contributed by atoms with van der Waals surface area (Å²) in [6.45, 7) is 8.53. The first-order valence-electron chi connectivity index (χ1n) is 10.6. The van der Waals surface area contributed by atoms with Crippen LogP contribution in [0, 0.1) is 0 Å². The molecule has 0 spiro atoms. The van der Waals surface area contributed by atoms with E-state index in [2.05, 4.69) is 64.7 Å². The minimum Gasteiger partial charge on any atom is -0.496 e. The number of guanidine groups is 1. The number of hydrogen-bond donors (Lipinski definition) is 2. The number of rotatable bonds is 7. The van der Waals surface area contributed by atoms with Gasteiger partial charge in [-0.05, 0) is 31.0 Å². The molecular weight excluding hydrogens is 376 g/mol. The van der Waals surface area contributed by atoms with E-state index in [1.165, 1.54) is 11.1 Å². The summed E-state index contributed by atoms with van der Waals surface area (Å²) in [5, 5.41) is 6.82. The molecule has 2 unspecified atom stereocenters. The highest BCUT2D eigenvalue weighted by Crippen LogP contribution is 2.18. The van der Waals surface area contributed by atoms with Gasteiger partial charge in [-0.2, -0.15) is 0 Å². The van der Waals surface area contributed by atoms with E-state index < -0.39 is 0 Å². The van der Waals surface area contributed by atoms with Crippen molar-refractivity contribution < 1.29 is 9.47 Å². The van der Waals surface area contributed by atoms with Crippen LogP contribution in [0.25, 0.3) is 0 Å². The SMILES string of the molecule is CN=C(NCc1ccccc1CN1CC(C)OC(C)C1)NCc1ccccc1OC. The third-order valence-electron chi connectivity index (χ3n) is 5.32. The Morgan fingerprint density at radius 3 is 2.17 bits per heavy atom. The van der Waals surface area contributed by atoms with E-state index in [-0.39, 0.29) is 12.2 Å². The summed E-state index contributed by atoms with van der Waals surface area (Å²) in [6.07, 6.45) is 0.550. The predicted molar refractivity (Wildman–Crippen MR) is 122 cm³/mol. The Morgan fingerprint density at radius 1 is 0.967 bits per heavy atom. The molecule has 2 atom stereocenters. The zero-order valence-corrected chi connectivity index (χ0v) is 18.5. The third kappa shape index (κ3) is 6.21. The fourth-order valence-electron chi connectivity index (χ4n) is 3.97. The second kappa shape index (κ2) is 11.0. The lowest BCUT2D eigenvalue weighted by Crippen LogP contribution is -2.45. The van der Waals surface area contributed by atoms with Gasteiger partial charge >= 0.3 is 0 Å². The molecule has 0 saturated carbocycles. The Hall–Kier alpha value is -2.57. The summed E-state index contributed by atoms with van der Waals surface area (Å²) in [5.41, 5.74) is 3.72. The molecular formula is C24H34N4O2. The molecule has 0 aliphatic carbocycles. The Labute approximate surface area is 180 Å². The van der Waals surface area contributed by atoms with Crippen LogP contribution in [0.15, 0.2) is 53.5 Å². The molecule has 6 nitrogen and oxygen atoms in total. The smallest absolute Gasteiger partial charge is 0.191 e. The molecule has 1 saturated heterocycles. The summed E-state index contributed by atoms with van der Waals surface area (Å²) in [4.78, 5) is 6.84. The molecule has 6 heteroatoms. The van der Waals surface area contributed by atoms with Crippen molar-refractivity contribution in [3.63, 3.8) is 0 Å². The zero-order valence-electron chi connectivity index (χ0n) is 18.5. The van der Waals surface area contributed by atoms with Gasteiger partial charge in [0.05, 0.1) is 19.3 Å². The van der Waals surface area contributed by atoms with Gasteiger partial charge in [-0.25, -0.2) is 0 Å². The number of nitrogens with one attached hydrogen (secondary N) is 2. The van der Waals surface area contributed by atoms with Crippen molar-refractivity contribution in [3.8, 4) is 5.75 Å². The average molecular weight is 411 g/mol. The van der Waals surface area contributed by atoms with Gasteiger partial charge in [-0.1, -0.05) is 42.5 Å². The van der Waals surface area contributed by atoms with Crippen LogP contribution >= 0.6 is 0 Å². The highest BCUT2D eigenvalue weighted by atomic mass is 16.5. The molecule has 2 N–H and O–H groups in total. The van der Waals surface area contributed by atoms with Gasteiger partial charge in [0.15, 0.2) is 5.96 Å². The second-order valence-electron chi connectivity index (χ2n) is 7.81. The lowest BCUT2D eigenvalue weighted by molar-refractivity contribution is -0.0705. The van der Waals surface area contributed by atoms with Gasteiger partial charge in [0.25, 0.3) is 0 Å². The fraction of sp³-hybridized carbons (Fsp3) is 0.458. The second-order valence-corrected chi connectivity index (χ2v) is 7.81. The van der Waals surface area contributed by atoms with Crippen LogP contribution in [0.3, 0.4) is 0 Å². The van der Waals surface area contributed by atoms with Crippen molar-refractivity contribution >= 4 is 5.96 Å². The number of ether oxygens (including phenoxy) is 2. The molecule has 1 aliphatic heterocycles. The maximum atomic E-state index is 5.87. The van der Waals surface area contributed by atoms with Crippen LogP contribution < -0.4 is 15.4 Å². The average Bonchev–Trinajstić information content (AvgIpc) is 2.74. The first-order chi connectivity index (χ1) is 14.6. The summed E-state index contributed by atoms with van der Waals surface area (Å²) >= 11 is 0. The number of methoxy groups -OCH3 is 1. The Bertz CT molecular complexity index is 829. The van der Waals surface area contributed by atoms with E-state index in [1.807, 2.05) is 18.2 Å². The molecule has 1 heterocycles. The summed E-state index contributed by atoms with van der Waals surface area (Å²) < 4.78 is 11.3. The summed E-state index contributed by atoms with van der Waals surface area (Å²) in [7, 11) is 3.48. The van der Waals surface area contributed by atoms with Crippen molar-refractivity contribution in [2.24, 2.45) is 4.99 Å². The van der Waals surface area contributed by atoms with Crippen LogP contribution in [-0.4, -0.2) is 50.3 Å². The minimum atomic E-state index is 0.275. The quantitative estimate of drug-likeness (QED) is 0.542. The number of benzene rings is 2. The molecule has 2 aromatic rings. The zero-order chi connectivity index (χ0) is 21.3. The van der Waals surface area contributed by atoms with Crippen LogP contribution in [0.1, 0.15) is 30.5 Å². The highest BCUT2D eigenvalue weighted by Gasteiger charge is 2.22. The highest BCUT2D eigenvalue weighted by molar-refractivity contribution is 5.79. The number of morpholine rings is 1. The van der Waals surface area contributed by atoms with Gasteiger partial charge < -0.3 is 20.1 Å². The maximum absolute atomic E-state index is 5.87. The van der Waals surface area contributed by atoms with Crippen LogP contribution in [0.4, 0.5) is 0 Å². The van der Waals surface area contributed by atoms with Crippen LogP contribution in [-0.2, 0) is 24.4 Å². The monoisotopic (exact) mass is 410 g/mol. The van der Waals surface area contributed by atoms with Crippen molar-refractivity contribution in [1.82, 2.24) is 15.5 Å². The lowest BCUT2D eigenvalue weighted by atomic mass is 10.1. The third-order valence-corrected chi connectivity index (χ3v) is 5.32. The van der Waals surface area contributed by atoms with E-state index in [4.69, 9.17) is 9.47 Å². The van der Waals surface area contributed by atoms with Crippen molar-refractivity contribution in [2.45, 2.75) is 45.7 Å². The first-order valence-corrected chi connectivity index (χ1v) is 10.6. The molecule has 3 rings (SSSR count). The van der Waals surface area contributed by atoms with Gasteiger partial charge in [-0.3, -0.25) is 9.89 Å². The number of para-hydroxylation sites is 1. The molecule has 0 amide bonds. The molecule has 1 fully saturated rings. The van der Waals surface area contributed by atoms with E-state index in [0.717, 1.165) is 43.5 Å². The van der Waals surface area contributed by atoms with Crippen molar-refractivity contribution in [3.05, 3.63) is 65.2 Å². The molecule has 0 bridgehead atoms. The lowest BCUT2D eigenvalue weighted by Gasteiger charge is -2.35. The van der Waals surface area contributed by atoms with Crippen molar-refractivity contribution in [1.29, 1.82) is 0 Å². The number of aliphatic imine (C=N–C) groups is 1.